The number of rotatable bonds is 2. The van der Waals surface area contributed by atoms with Crippen molar-refractivity contribution in [3.8, 4) is 0 Å². The van der Waals surface area contributed by atoms with Gasteiger partial charge in [0.15, 0.2) is 0 Å². The molecule has 1 saturated carbocycles. The van der Waals surface area contributed by atoms with Crippen LogP contribution in [0.3, 0.4) is 0 Å². The smallest absolute Gasteiger partial charge is 0.227 e. The first-order valence-corrected chi connectivity index (χ1v) is 7.54. The monoisotopic (exact) mass is 265 g/mol. The van der Waals surface area contributed by atoms with Crippen molar-refractivity contribution in [3.63, 3.8) is 0 Å². The van der Waals surface area contributed by atoms with Gasteiger partial charge in [0.2, 0.25) is 11.8 Å². The van der Waals surface area contributed by atoms with E-state index in [9.17, 15) is 9.59 Å². The van der Waals surface area contributed by atoms with Crippen LogP contribution in [0.15, 0.2) is 0 Å². The highest BCUT2D eigenvalue weighted by Gasteiger charge is 2.36. The lowest BCUT2D eigenvalue weighted by atomic mass is 9.98. The summed E-state index contributed by atoms with van der Waals surface area (Å²) in [6, 6.07) is 0. The molecule has 0 radical (unpaired) electrons. The largest absolute Gasteiger partial charge is 0.339 e. The van der Waals surface area contributed by atoms with Gasteiger partial charge in [0, 0.05) is 38.6 Å². The number of piperazine rings is 1. The topological polar surface area (TPSA) is 52.7 Å². The Kier molecular flexibility index (Phi) is 3.73. The lowest BCUT2D eigenvalue weighted by Gasteiger charge is -2.37. The first-order valence-electron chi connectivity index (χ1n) is 7.54. The molecule has 5 nitrogen and oxygen atoms in total. The van der Waals surface area contributed by atoms with Gasteiger partial charge in [-0.3, -0.25) is 9.59 Å². The number of piperidine rings is 1. The van der Waals surface area contributed by atoms with Gasteiger partial charge >= 0.3 is 0 Å². The Bertz CT molecular complexity index is 354. The normalized spacial score (nSPS) is 28.3. The molecular weight excluding hydrogens is 242 g/mol. The van der Waals surface area contributed by atoms with E-state index in [1.165, 1.54) is 0 Å². The fraction of sp³-hybridized carbons (Fsp3) is 0.857. The predicted molar refractivity (Wildman–Crippen MR) is 71.5 cm³/mol. The number of hydrogen-bond donors (Lipinski definition) is 1. The van der Waals surface area contributed by atoms with Crippen molar-refractivity contribution < 1.29 is 9.59 Å². The molecule has 2 amide bonds. The summed E-state index contributed by atoms with van der Waals surface area (Å²) in [4.78, 5) is 28.2. The fourth-order valence-electron chi connectivity index (χ4n) is 3.06. The van der Waals surface area contributed by atoms with Crippen LogP contribution < -0.4 is 5.32 Å². The molecular formula is C14H23N3O2. The minimum atomic E-state index is 0.152. The van der Waals surface area contributed by atoms with Crippen LogP contribution in [-0.2, 0) is 9.59 Å². The summed E-state index contributed by atoms with van der Waals surface area (Å²) in [5.74, 6) is 1.04. The van der Waals surface area contributed by atoms with Crippen LogP contribution in [0, 0.1) is 11.8 Å². The van der Waals surface area contributed by atoms with E-state index in [2.05, 4.69) is 5.32 Å². The summed E-state index contributed by atoms with van der Waals surface area (Å²) in [5, 5.41) is 3.29. The van der Waals surface area contributed by atoms with Gasteiger partial charge in [-0.05, 0) is 32.2 Å². The van der Waals surface area contributed by atoms with Crippen LogP contribution in [-0.4, -0.2) is 60.9 Å². The van der Waals surface area contributed by atoms with Gasteiger partial charge in [-0.2, -0.15) is 0 Å². The van der Waals surface area contributed by atoms with Gasteiger partial charge in [-0.15, -0.1) is 0 Å². The number of amides is 2. The van der Waals surface area contributed by atoms with E-state index >= 15 is 0 Å². The molecule has 19 heavy (non-hydrogen) atoms. The van der Waals surface area contributed by atoms with Crippen LogP contribution in [0.25, 0.3) is 0 Å². The third-order valence-electron chi connectivity index (χ3n) is 4.48. The molecule has 2 saturated heterocycles. The van der Waals surface area contributed by atoms with Gasteiger partial charge in [0.25, 0.3) is 0 Å². The number of nitrogens with zero attached hydrogens (tertiary/aromatic N) is 2. The average Bonchev–Trinajstić information content (AvgIpc) is 3.31. The Labute approximate surface area is 114 Å². The van der Waals surface area contributed by atoms with E-state index in [1.807, 2.05) is 9.80 Å². The molecule has 2 heterocycles. The highest BCUT2D eigenvalue weighted by atomic mass is 16.2. The summed E-state index contributed by atoms with van der Waals surface area (Å²) in [6.45, 7) is 4.73. The molecule has 1 atom stereocenters. The number of carbonyl (C=O) groups is 2. The molecule has 2 aliphatic heterocycles. The predicted octanol–water partition coefficient (Wildman–Crippen LogP) is 0.0668. The van der Waals surface area contributed by atoms with E-state index in [-0.39, 0.29) is 11.8 Å². The van der Waals surface area contributed by atoms with Gasteiger partial charge in [0.05, 0.1) is 5.92 Å². The summed E-state index contributed by atoms with van der Waals surface area (Å²) < 4.78 is 0. The Balaban J connectivity index is 1.48. The summed E-state index contributed by atoms with van der Waals surface area (Å²) >= 11 is 0. The summed E-state index contributed by atoms with van der Waals surface area (Å²) in [5.41, 5.74) is 0. The third-order valence-corrected chi connectivity index (χ3v) is 4.48. The zero-order valence-electron chi connectivity index (χ0n) is 11.4. The zero-order chi connectivity index (χ0) is 13.2. The van der Waals surface area contributed by atoms with Crippen molar-refractivity contribution in [2.45, 2.75) is 25.7 Å². The first-order chi connectivity index (χ1) is 9.25. The maximum Gasteiger partial charge on any atom is 0.227 e. The van der Waals surface area contributed by atoms with Gasteiger partial charge < -0.3 is 15.1 Å². The van der Waals surface area contributed by atoms with Crippen LogP contribution in [0.1, 0.15) is 25.7 Å². The average molecular weight is 265 g/mol. The van der Waals surface area contributed by atoms with E-state index in [1.54, 1.807) is 0 Å². The fourth-order valence-corrected chi connectivity index (χ4v) is 3.06. The SMILES string of the molecule is O=C(C1CC1)N1CCN(C(=O)C2CCCNC2)CC1. The molecule has 0 aromatic carbocycles. The highest BCUT2D eigenvalue weighted by molar-refractivity contribution is 5.82. The second kappa shape index (κ2) is 5.49. The lowest BCUT2D eigenvalue weighted by Crippen LogP contribution is -2.53. The highest BCUT2D eigenvalue weighted by Crippen LogP contribution is 2.31. The summed E-state index contributed by atoms with van der Waals surface area (Å²) in [7, 11) is 0. The van der Waals surface area contributed by atoms with E-state index in [0.717, 1.165) is 51.9 Å². The minimum Gasteiger partial charge on any atom is -0.339 e. The molecule has 5 heteroatoms. The van der Waals surface area contributed by atoms with E-state index in [4.69, 9.17) is 0 Å². The quantitative estimate of drug-likeness (QED) is 0.768. The van der Waals surface area contributed by atoms with E-state index < -0.39 is 0 Å². The van der Waals surface area contributed by atoms with Gasteiger partial charge in [-0.1, -0.05) is 0 Å². The Hall–Kier alpha value is -1.10. The van der Waals surface area contributed by atoms with E-state index in [0.29, 0.717) is 24.9 Å². The van der Waals surface area contributed by atoms with Crippen molar-refractivity contribution in [2.24, 2.45) is 11.8 Å². The molecule has 3 rings (SSSR count). The maximum atomic E-state index is 12.4. The Morgan fingerprint density at radius 2 is 1.42 bits per heavy atom. The van der Waals surface area contributed by atoms with Gasteiger partial charge in [0.1, 0.15) is 0 Å². The minimum absolute atomic E-state index is 0.152. The molecule has 0 aromatic heterocycles. The molecule has 1 aliphatic carbocycles. The molecule has 1 N–H and O–H groups in total. The zero-order valence-corrected chi connectivity index (χ0v) is 11.4. The first kappa shape index (κ1) is 12.9. The van der Waals surface area contributed by atoms with Crippen LogP contribution in [0.2, 0.25) is 0 Å². The van der Waals surface area contributed by atoms with Crippen molar-refractivity contribution >= 4 is 11.8 Å². The van der Waals surface area contributed by atoms with Crippen molar-refractivity contribution in [3.05, 3.63) is 0 Å². The second-order valence-electron chi connectivity index (χ2n) is 5.97. The molecule has 3 fully saturated rings. The Morgan fingerprint density at radius 3 is 1.89 bits per heavy atom. The van der Waals surface area contributed by atoms with Crippen LogP contribution in [0.5, 0.6) is 0 Å². The second-order valence-corrected chi connectivity index (χ2v) is 5.97. The number of carbonyl (C=O) groups excluding carboxylic acids is 2. The molecule has 0 bridgehead atoms. The van der Waals surface area contributed by atoms with Gasteiger partial charge in [-0.25, -0.2) is 0 Å². The third kappa shape index (κ3) is 2.91. The molecule has 0 aromatic rings. The molecule has 1 unspecified atom stereocenters. The maximum absolute atomic E-state index is 12.4. The number of hydrogen-bond acceptors (Lipinski definition) is 3. The summed E-state index contributed by atoms with van der Waals surface area (Å²) in [6.07, 6.45) is 4.22. The molecule has 3 aliphatic rings. The van der Waals surface area contributed by atoms with Crippen molar-refractivity contribution in [1.29, 1.82) is 0 Å². The number of nitrogens with one attached hydrogen (secondary N) is 1. The molecule has 0 spiro atoms. The lowest BCUT2D eigenvalue weighted by molar-refractivity contribution is -0.143. The van der Waals surface area contributed by atoms with Crippen LogP contribution in [0.4, 0.5) is 0 Å². The van der Waals surface area contributed by atoms with Crippen LogP contribution >= 0.6 is 0 Å². The van der Waals surface area contributed by atoms with Crippen molar-refractivity contribution in [2.75, 3.05) is 39.3 Å². The van der Waals surface area contributed by atoms with Crippen molar-refractivity contribution in [1.82, 2.24) is 15.1 Å². The standard InChI is InChI=1S/C14H23N3O2/c18-13(11-3-4-11)16-6-8-17(9-7-16)14(19)12-2-1-5-15-10-12/h11-12,15H,1-10H2. The molecule has 106 valence electrons. The Morgan fingerprint density at radius 1 is 0.842 bits per heavy atom.